The summed E-state index contributed by atoms with van der Waals surface area (Å²) >= 11 is 0. The van der Waals surface area contributed by atoms with Crippen LogP contribution in [0.15, 0.2) is 36.4 Å². The van der Waals surface area contributed by atoms with Crippen molar-refractivity contribution in [3.05, 3.63) is 42.0 Å². The molecule has 0 amide bonds. The van der Waals surface area contributed by atoms with E-state index in [1.807, 2.05) is 6.07 Å². The van der Waals surface area contributed by atoms with E-state index in [2.05, 4.69) is 56.4 Å². The molecule has 4 nitrogen and oxygen atoms in total. The van der Waals surface area contributed by atoms with Crippen LogP contribution >= 0.6 is 0 Å². The van der Waals surface area contributed by atoms with Crippen LogP contribution in [-0.2, 0) is 11.3 Å². The van der Waals surface area contributed by atoms with Crippen LogP contribution < -0.4 is 10.1 Å². The van der Waals surface area contributed by atoms with Gasteiger partial charge in [-0.05, 0) is 78.5 Å². The van der Waals surface area contributed by atoms with Crippen molar-refractivity contribution in [3.8, 4) is 5.75 Å². The largest absolute Gasteiger partial charge is 0.490 e. The van der Waals surface area contributed by atoms with Gasteiger partial charge in [0.05, 0.1) is 6.10 Å². The van der Waals surface area contributed by atoms with Crippen LogP contribution in [0, 0.1) is 11.3 Å². The lowest BCUT2D eigenvalue weighted by atomic mass is 9.72. The second-order valence-electron chi connectivity index (χ2n) is 9.24. The van der Waals surface area contributed by atoms with Crippen molar-refractivity contribution < 1.29 is 14.6 Å². The number of hydrogen-bond donors (Lipinski definition) is 2. The fourth-order valence-electron chi connectivity index (χ4n) is 4.05. The quantitative estimate of drug-likeness (QED) is 0.702. The van der Waals surface area contributed by atoms with Crippen LogP contribution in [0.2, 0.25) is 0 Å². The summed E-state index contributed by atoms with van der Waals surface area (Å²) in [5.74, 6) is 0.899. The van der Waals surface area contributed by atoms with Crippen molar-refractivity contribution in [3.63, 3.8) is 0 Å². The lowest BCUT2D eigenvalue weighted by Crippen LogP contribution is -2.33. The minimum atomic E-state index is -0.834. The van der Waals surface area contributed by atoms with Gasteiger partial charge in [0.25, 0.3) is 0 Å². The van der Waals surface area contributed by atoms with Crippen LogP contribution in [0.3, 0.4) is 0 Å². The summed E-state index contributed by atoms with van der Waals surface area (Å²) in [5, 5.41) is 14.3. The van der Waals surface area contributed by atoms with E-state index in [0.29, 0.717) is 18.1 Å². The molecule has 1 unspecified atom stereocenters. The molecule has 1 fully saturated rings. The Labute approximate surface area is 168 Å². The number of benzene rings is 2. The number of rotatable bonds is 6. The Bertz CT molecular complexity index is 816. The molecule has 0 bridgehead atoms. The number of hydrogen-bond acceptors (Lipinski definition) is 3. The molecule has 2 aromatic rings. The molecule has 1 aliphatic carbocycles. The van der Waals surface area contributed by atoms with E-state index in [0.717, 1.165) is 40.8 Å². The fraction of sp³-hybridized carbons (Fsp3) is 0.542. The molecule has 0 spiro atoms. The maximum absolute atomic E-state index is 10.9. The third kappa shape index (κ3) is 5.26. The number of carboxylic acids is 1. The molecule has 2 N–H and O–H groups in total. The Morgan fingerprint density at radius 2 is 1.75 bits per heavy atom. The maximum Gasteiger partial charge on any atom is 0.320 e. The van der Waals surface area contributed by atoms with Crippen molar-refractivity contribution in [2.75, 3.05) is 0 Å². The Hall–Kier alpha value is -2.07. The van der Waals surface area contributed by atoms with Gasteiger partial charge in [0.1, 0.15) is 11.8 Å². The molecule has 0 saturated heterocycles. The summed E-state index contributed by atoms with van der Waals surface area (Å²) < 4.78 is 6.28. The minimum Gasteiger partial charge on any atom is -0.490 e. The first-order valence-corrected chi connectivity index (χ1v) is 10.4. The second-order valence-corrected chi connectivity index (χ2v) is 9.24. The van der Waals surface area contributed by atoms with Crippen molar-refractivity contribution in [2.24, 2.45) is 11.3 Å². The zero-order chi connectivity index (χ0) is 20.3. The van der Waals surface area contributed by atoms with Crippen LogP contribution in [-0.4, -0.2) is 23.2 Å². The van der Waals surface area contributed by atoms with Gasteiger partial charge in [-0.3, -0.25) is 4.79 Å². The number of nitrogens with one attached hydrogen (secondary N) is 1. The Morgan fingerprint density at radius 1 is 1.11 bits per heavy atom. The van der Waals surface area contributed by atoms with Gasteiger partial charge in [-0.2, -0.15) is 0 Å². The van der Waals surface area contributed by atoms with Crippen LogP contribution in [0.1, 0.15) is 58.9 Å². The van der Waals surface area contributed by atoms with E-state index in [1.54, 1.807) is 6.92 Å². The van der Waals surface area contributed by atoms with Crippen molar-refractivity contribution >= 4 is 16.7 Å². The van der Waals surface area contributed by atoms with E-state index >= 15 is 0 Å². The normalized spacial score (nSPS) is 21.4. The topological polar surface area (TPSA) is 58.6 Å². The van der Waals surface area contributed by atoms with E-state index in [-0.39, 0.29) is 0 Å². The smallest absolute Gasteiger partial charge is 0.320 e. The molecule has 28 heavy (non-hydrogen) atoms. The van der Waals surface area contributed by atoms with Gasteiger partial charge in [-0.1, -0.05) is 39.0 Å². The van der Waals surface area contributed by atoms with Crippen LogP contribution in [0.4, 0.5) is 0 Å². The van der Waals surface area contributed by atoms with Crippen molar-refractivity contribution in [1.29, 1.82) is 0 Å². The SMILES string of the molecule is CC(NCc1ccc2cc(O[C@H]3CC[C@H](C(C)(C)C)CC3)ccc2c1)C(=O)O. The number of carbonyl (C=O) groups is 1. The summed E-state index contributed by atoms with van der Waals surface area (Å²) in [5.41, 5.74) is 1.47. The summed E-state index contributed by atoms with van der Waals surface area (Å²) in [6.45, 7) is 9.22. The second kappa shape index (κ2) is 8.52. The Balaban J connectivity index is 1.60. The van der Waals surface area contributed by atoms with Crippen molar-refractivity contribution in [2.45, 2.75) is 72.1 Å². The highest BCUT2D eigenvalue weighted by Gasteiger charge is 2.30. The van der Waals surface area contributed by atoms with Gasteiger partial charge in [0, 0.05) is 6.54 Å². The predicted octanol–water partition coefficient (Wildman–Crippen LogP) is 5.39. The molecule has 3 rings (SSSR count). The van der Waals surface area contributed by atoms with Gasteiger partial charge in [0.2, 0.25) is 0 Å². The standard InChI is InChI=1S/C24H33NO3/c1-16(23(26)27)25-15-17-5-6-19-14-22(10-7-18(19)13-17)28-21-11-8-20(9-12-21)24(2,3)4/h5-7,10,13-14,16,20-21,25H,8-9,11-12,15H2,1-4H3,(H,26,27)/t16?,20-,21-. The molecule has 2 aromatic carbocycles. The number of ether oxygens (including phenoxy) is 1. The summed E-state index contributed by atoms with van der Waals surface area (Å²) in [7, 11) is 0. The molecule has 4 heteroatoms. The molecule has 152 valence electrons. The number of fused-ring (bicyclic) bond motifs is 1. The van der Waals surface area contributed by atoms with Gasteiger partial charge < -0.3 is 15.2 Å². The highest BCUT2D eigenvalue weighted by atomic mass is 16.5. The highest BCUT2D eigenvalue weighted by Crippen LogP contribution is 2.39. The number of carboxylic acid groups (broad SMARTS) is 1. The molecular formula is C24H33NO3. The Morgan fingerprint density at radius 3 is 2.39 bits per heavy atom. The number of aliphatic carboxylic acids is 1. The first-order valence-electron chi connectivity index (χ1n) is 10.4. The highest BCUT2D eigenvalue weighted by molar-refractivity contribution is 5.84. The van der Waals surface area contributed by atoms with Crippen molar-refractivity contribution in [1.82, 2.24) is 5.32 Å². The van der Waals surface area contributed by atoms with Crippen LogP contribution in [0.25, 0.3) is 10.8 Å². The summed E-state index contributed by atoms with van der Waals surface area (Å²) in [4.78, 5) is 10.9. The molecule has 0 aliphatic heterocycles. The lowest BCUT2D eigenvalue weighted by molar-refractivity contribution is -0.139. The monoisotopic (exact) mass is 383 g/mol. The van der Waals surface area contributed by atoms with Crippen LogP contribution in [0.5, 0.6) is 5.75 Å². The first kappa shape index (κ1) is 20.7. The molecule has 0 radical (unpaired) electrons. The van der Waals surface area contributed by atoms with E-state index < -0.39 is 12.0 Å². The first-order chi connectivity index (χ1) is 13.2. The molecule has 1 atom stereocenters. The summed E-state index contributed by atoms with van der Waals surface area (Å²) in [6.07, 6.45) is 5.07. The zero-order valence-electron chi connectivity index (χ0n) is 17.5. The minimum absolute atomic E-state index is 0.317. The molecular weight excluding hydrogens is 350 g/mol. The van der Waals surface area contributed by atoms with E-state index in [1.165, 1.54) is 12.8 Å². The molecule has 0 heterocycles. The Kier molecular flexibility index (Phi) is 6.29. The average molecular weight is 384 g/mol. The van der Waals surface area contributed by atoms with E-state index in [4.69, 9.17) is 9.84 Å². The third-order valence-electron chi connectivity index (χ3n) is 6.06. The average Bonchev–Trinajstić information content (AvgIpc) is 2.65. The molecule has 0 aromatic heterocycles. The third-order valence-corrected chi connectivity index (χ3v) is 6.06. The zero-order valence-corrected chi connectivity index (χ0v) is 17.5. The summed E-state index contributed by atoms with van der Waals surface area (Å²) in [6, 6.07) is 11.9. The van der Waals surface area contributed by atoms with E-state index in [9.17, 15) is 4.79 Å². The maximum atomic E-state index is 10.9. The lowest BCUT2D eigenvalue weighted by Gasteiger charge is -2.37. The molecule has 1 saturated carbocycles. The van der Waals surface area contributed by atoms with Gasteiger partial charge in [0.15, 0.2) is 0 Å². The van der Waals surface area contributed by atoms with Gasteiger partial charge >= 0.3 is 5.97 Å². The predicted molar refractivity (Wildman–Crippen MR) is 114 cm³/mol. The molecule has 1 aliphatic rings. The van der Waals surface area contributed by atoms with Gasteiger partial charge in [-0.25, -0.2) is 0 Å². The van der Waals surface area contributed by atoms with Gasteiger partial charge in [-0.15, -0.1) is 0 Å². The fourth-order valence-corrected chi connectivity index (χ4v) is 4.05.